The van der Waals surface area contributed by atoms with Gasteiger partial charge < -0.3 is 14.8 Å². The first kappa shape index (κ1) is 12.8. The molecule has 0 bridgehead atoms. The monoisotopic (exact) mass is 262 g/mol. The number of aliphatic hydroxyl groups excluding tert-OH is 1. The third-order valence-electron chi connectivity index (χ3n) is 2.65. The Morgan fingerprint density at radius 3 is 2.94 bits per heavy atom. The van der Waals surface area contributed by atoms with E-state index in [9.17, 15) is 5.11 Å². The zero-order chi connectivity index (χ0) is 13.0. The van der Waals surface area contributed by atoms with Crippen molar-refractivity contribution in [3.8, 4) is 6.07 Å². The van der Waals surface area contributed by atoms with Gasteiger partial charge in [0.1, 0.15) is 22.8 Å². The fraction of sp³-hybridized carbons (Fsp3) is 0.308. The molecule has 5 heteroatoms. The van der Waals surface area contributed by atoms with Gasteiger partial charge in [0.15, 0.2) is 0 Å². The molecule has 0 radical (unpaired) electrons. The Morgan fingerprint density at radius 2 is 2.33 bits per heavy atom. The molecule has 2 aromatic rings. The zero-order valence-corrected chi connectivity index (χ0v) is 10.8. The smallest absolute Gasteiger partial charge is 0.133 e. The average Bonchev–Trinajstić information content (AvgIpc) is 3.05. The number of furan rings is 1. The highest BCUT2D eigenvalue weighted by Crippen LogP contribution is 2.23. The van der Waals surface area contributed by atoms with Crippen LogP contribution < -0.4 is 5.32 Å². The molecule has 2 heterocycles. The van der Waals surface area contributed by atoms with Crippen LogP contribution in [-0.2, 0) is 0 Å². The lowest BCUT2D eigenvalue weighted by Crippen LogP contribution is -2.23. The molecule has 0 aliphatic rings. The van der Waals surface area contributed by atoms with E-state index in [1.165, 1.54) is 11.3 Å². The molecule has 0 saturated heterocycles. The summed E-state index contributed by atoms with van der Waals surface area (Å²) in [5.74, 6) is 0.554. The summed E-state index contributed by atoms with van der Waals surface area (Å²) in [5, 5.41) is 21.8. The molecule has 0 fully saturated rings. The van der Waals surface area contributed by atoms with Crippen molar-refractivity contribution in [3.63, 3.8) is 0 Å². The van der Waals surface area contributed by atoms with Crippen molar-refractivity contribution in [1.29, 1.82) is 5.26 Å². The van der Waals surface area contributed by atoms with Crippen LogP contribution in [0.15, 0.2) is 34.9 Å². The van der Waals surface area contributed by atoms with E-state index in [-0.39, 0.29) is 6.04 Å². The third kappa shape index (κ3) is 2.99. The molecule has 0 unspecified atom stereocenters. The van der Waals surface area contributed by atoms with E-state index in [1.54, 1.807) is 24.5 Å². The molecule has 2 N–H and O–H groups in total. The summed E-state index contributed by atoms with van der Waals surface area (Å²) in [6.07, 6.45) is 0.887. The van der Waals surface area contributed by atoms with E-state index >= 15 is 0 Å². The lowest BCUT2D eigenvalue weighted by atomic mass is 10.2. The summed E-state index contributed by atoms with van der Waals surface area (Å²) in [5.41, 5.74) is 0. The van der Waals surface area contributed by atoms with E-state index < -0.39 is 6.10 Å². The number of nitrogens with zero attached hydrogens (tertiary/aromatic N) is 1. The highest BCUT2D eigenvalue weighted by Gasteiger charge is 2.13. The van der Waals surface area contributed by atoms with Crippen molar-refractivity contribution in [2.45, 2.75) is 19.1 Å². The number of rotatable bonds is 5. The normalized spacial score (nSPS) is 14.1. The predicted molar refractivity (Wildman–Crippen MR) is 69.1 cm³/mol. The largest absolute Gasteiger partial charge is 0.467 e. The Morgan fingerprint density at radius 1 is 1.50 bits per heavy atom. The molecule has 0 aliphatic heterocycles. The second kappa shape index (κ2) is 5.83. The summed E-state index contributed by atoms with van der Waals surface area (Å²) in [6, 6.07) is 9.45. The molecule has 0 aliphatic carbocycles. The van der Waals surface area contributed by atoms with Crippen LogP contribution in [0.1, 0.15) is 34.6 Å². The molecule has 2 rings (SSSR count). The Balaban J connectivity index is 1.88. The van der Waals surface area contributed by atoms with E-state index in [0.29, 0.717) is 17.2 Å². The van der Waals surface area contributed by atoms with Crippen LogP contribution in [0.4, 0.5) is 0 Å². The molecule has 0 aromatic carbocycles. The lowest BCUT2D eigenvalue weighted by Gasteiger charge is -2.14. The van der Waals surface area contributed by atoms with Crippen molar-refractivity contribution >= 4 is 11.3 Å². The summed E-state index contributed by atoms with van der Waals surface area (Å²) in [6.45, 7) is 2.41. The van der Waals surface area contributed by atoms with Crippen molar-refractivity contribution in [1.82, 2.24) is 5.32 Å². The van der Waals surface area contributed by atoms with Gasteiger partial charge in [-0.05, 0) is 31.2 Å². The molecule has 94 valence electrons. The second-order valence-electron chi connectivity index (χ2n) is 3.97. The topological polar surface area (TPSA) is 69.2 Å². The highest BCUT2D eigenvalue weighted by atomic mass is 32.1. The molecule has 2 atom stereocenters. The van der Waals surface area contributed by atoms with Crippen LogP contribution in [0.5, 0.6) is 0 Å². The summed E-state index contributed by atoms with van der Waals surface area (Å²) < 4.78 is 5.12. The number of nitriles is 1. The van der Waals surface area contributed by atoms with E-state index in [2.05, 4.69) is 11.4 Å². The van der Waals surface area contributed by atoms with Crippen molar-refractivity contribution < 1.29 is 9.52 Å². The zero-order valence-electron chi connectivity index (χ0n) is 9.96. The Labute approximate surface area is 109 Å². The third-order valence-corrected chi connectivity index (χ3v) is 3.83. The van der Waals surface area contributed by atoms with Gasteiger partial charge in [-0.25, -0.2) is 0 Å². The number of aliphatic hydroxyl groups is 1. The quantitative estimate of drug-likeness (QED) is 0.869. The van der Waals surface area contributed by atoms with Gasteiger partial charge in [-0.15, -0.1) is 11.3 Å². The van der Waals surface area contributed by atoms with Gasteiger partial charge in [-0.2, -0.15) is 5.26 Å². The van der Waals surface area contributed by atoms with Gasteiger partial charge >= 0.3 is 0 Å². The average molecular weight is 262 g/mol. The molecular weight excluding hydrogens is 248 g/mol. The Kier molecular flexibility index (Phi) is 4.15. The first-order chi connectivity index (χ1) is 8.70. The van der Waals surface area contributed by atoms with Crippen LogP contribution >= 0.6 is 11.3 Å². The minimum atomic E-state index is -0.655. The molecule has 0 spiro atoms. The van der Waals surface area contributed by atoms with Crippen molar-refractivity contribution in [2.75, 3.05) is 6.54 Å². The van der Waals surface area contributed by atoms with Crippen LogP contribution in [0, 0.1) is 11.3 Å². The van der Waals surface area contributed by atoms with Gasteiger partial charge in [0.2, 0.25) is 0 Å². The van der Waals surface area contributed by atoms with Gasteiger partial charge in [0.05, 0.1) is 6.26 Å². The fourth-order valence-electron chi connectivity index (χ4n) is 1.62. The number of nitrogens with one attached hydrogen (secondary N) is 1. The molecule has 0 saturated carbocycles. The maximum Gasteiger partial charge on any atom is 0.133 e. The Bertz CT molecular complexity index is 527. The van der Waals surface area contributed by atoms with Crippen LogP contribution in [0.25, 0.3) is 0 Å². The molecular formula is C13H14N2O2S. The maximum absolute atomic E-state index is 9.85. The maximum atomic E-state index is 9.85. The number of hydrogen-bond acceptors (Lipinski definition) is 5. The SMILES string of the molecule is C[C@@H](NC[C@H](O)c1ccco1)c1ccc(C#N)s1. The first-order valence-electron chi connectivity index (χ1n) is 5.65. The minimum Gasteiger partial charge on any atom is -0.467 e. The summed E-state index contributed by atoms with van der Waals surface area (Å²) >= 11 is 1.46. The first-order valence-corrected chi connectivity index (χ1v) is 6.47. The number of hydrogen-bond donors (Lipinski definition) is 2. The van der Waals surface area contributed by atoms with Crippen LogP contribution in [-0.4, -0.2) is 11.7 Å². The molecule has 0 amide bonds. The Hall–Kier alpha value is -1.61. The van der Waals surface area contributed by atoms with Crippen molar-refractivity contribution in [3.05, 3.63) is 46.0 Å². The van der Waals surface area contributed by atoms with Crippen LogP contribution in [0.2, 0.25) is 0 Å². The highest BCUT2D eigenvalue weighted by molar-refractivity contribution is 7.12. The number of thiophene rings is 1. The fourth-order valence-corrected chi connectivity index (χ4v) is 2.45. The molecule has 2 aromatic heterocycles. The lowest BCUT2D eigenvalue weighted by molar-refractivity contribution is 0.144. The van der Waals surface area contributed by atoms with Gasteiger partial charge in [0, 0.05) is 17.5 Å². The van der Waals surface area contributed by atoms with E-state index in [4.69, 9.17) is 9.68 Å². The van der Waals surface area contributed by atoms with Gasteiger partial charge in [-0.3, -0.25) is 0 Å². The molecule has 4 nitrogen and oxygen atoms in total. The van der Waals surface area contributed by atoms with Crippen LogP contribution in [0.3, 0.4) is 0 Å². The van der Waals surface area contributed by atoms with E-state index in [0.717, 1.165) is 4.88 Å². The standard InChI is InChI=1S/C13H14N2O2S/c1-9(13-5-4-10(7-14)18-13)15-8-11(16)12-3-2-6-17-12/h2-6,9,11,15-16H,8H2,1H3/t9-,11+/m1/s1. The van der Waals surface area contributed by atoms with Gasteiger partial charge in [0.25, 0.3) is 0 Å². The van der Waals surface area contributed by atoms with Crippen molar-refractivity contribution in [2.24, 2.45) is 0 Å². The summed E-state index contributed by atoms with van der Waals surface area (Å²) in [4.78, 5) is 1.78. The molecule has 18 heavy (non-hydrogen) atoms. The van der Waals surface area contributed by atoms with E-state index in [1.807, 2.05) is 13.0 Å². The minimum absolute atomic E-state index is 0.0988. The second-order valence-corrected chi connectivity index (χ2v) is 5.09. The summed E-state index contributed by atoms with van der Waals surface area (Å²) in [7, 11) is 0. The van der Waals surface area contributed by atoms with Gasteiger partial charge in [-0.1, -0.05) is 0 Å². The predicted octanol–water partition coefficient (Wildman–Crippen LogP) is 2.60.